The molecular weight excluding hydrogens is 610 g/mol. The second-order valence-corrected chi connectivity index (χ2v) is 13.6. The van der Waals surface area contributed by atoms with E-state index in [1.165, 1.54) is 11.8 Å². The van der Waals surface area contributed by atoms with Crippen molar-refractivity contribution in [1.82, 2.24) is 28.9 Å². The summed E-state index contributed by atoms with van der Waals surface area (Å²) in [5.74, 6) is 0.683. The zero-order valence-electron chi connectivity index (χ0n) is 25.9. The van der Waals surface area contributed by atoms with E-state index in [-0.39, 0.29) is 12.5 Å². The van der Waals surface area contributed by atoms with Crippen molar-refractivity contribution >= 4 is 35.0 Å². The minimum absolute atomic E-state index is 0.204. The van der Waals surface area contributed by atoms with Crippen LogP contribution in [0.3, 0.4) is 0 Å². The van der Waals surface area contributed by atoms with Crippen LogP contribution in [0.15, 0.2) is 58.8 Å². The van der Waals surface area contributed by atoms with E-state index in [1.54, 1.807) is 6.92 Å². The van der Waals surface area contributed by atoms with Crippen LogP contribution in [0.2, 0.25) is 5.02 Å². The van der Waals surface area contributed by atoms with Gasteiger partial charge in [0.05, 0.1) is 29.8 Å². The minimum atomic E-state index is -0.410. The first kappa shape index (κ1) is 31.8. The predicted molar refractivity (Wildman–Crippen MR) is 177 cm³/mol. The molecular formula is C33H40ClN7O3S. The van der Waals surface area contributed by atoms with Gasteiger partial charge in [0.1, 0.15) is 5.03 Å². The molecule has 45 heavy (non-hydrogen) atoms. The maximum Gasteiger partial charge on any atom is 0.291 e. The fraction of sp³-hybridized carbons (Fsp3) is 0.424. The zero-order valence-corrected chi connectivity index (χ0v) is 27.5. The van der Waals surface area contributed by atoms with Crippen molar-refractivity contribution < 1.29 is 15.0 Å². The number of carbonyl (C=O) groups is 1. The molecule has 1 fully saturated rings. The van der Waals surface area contributed by atoms with Crippen molar-refractivity contribution in [1.29, 1.82) is 0 Å². The van der Waals surface area contributed by atoms with E-state index in [1.807, 2.05) is 61.3 Å². The van der Waals surface area contributed by atoms with Crippen molar-refractivity contribution in [3.63, 3.8) is 0 Å². The highest BCUT2D eigenvalue weighted by atomic mass is 35.5. The average Bonchev–Trinajstić information content (AvgIpc) is 3.57. The van der Waals surface area contributed by atoms with Gasteiger partial charge >= 0.3 is 0 Å². The number of nitrogens with zero attached hydrogens (tertiary/aromatic N) is 6. The summed E-state index contributed by atoms with van der Waals surface area (Å²) >= 11 is 8.54. The summed E-state index contributed by atoms with van der Waals surface area (Å²) in [5, 5.41) is 23.5. The van der Waals surface area contributed by atoms with Crippen LogP contribution < -0.4 is 5.32 Å². The summed E-state index contributed by atoms with van der Waals surface area (Å²) in [6, 6.07) is 11.8. The van der Waals surface area contributed by atoms with Crippen LogP contribution in [0.5, 0.6) is 0 Å². The van der Waals surface area contributed by atoms with Gasteiger partial charge in [-0.3, -0.25) is 9.69 Å². The second kappa shape index (κ2) is 13.7. The summed E-state index contributed by atoms with van der Waals surface area (Å²) in [5.41, 5.74) is 5.40. The summed E-state index contributed by atoms with van der Waals surface area (Å²) < 4.78 is 4.02. The van der Waals surface area contributed by atoms with E-state index < -0.39 is 6.10 Å². The smallest absolute Gasteiger partial charge is 0.291 e. The lowest BCUT2D eigenvalue weighted by atomic mass is 9.99. The van der Waals surface area contributed by atoms with Gasteiger partial charge in [-0.1, -0.05) is 47.6 Å². The van der Waals surface area contributed by atoms with Gasteiger partial charge < -0.3 is 29.6 Å². The van der Waals surface area contributed by atoms with Crippen molar-refractivity contribution in [2.24, 2.45) is 13.0 Å². The topological polar surface area (TPSA) is 112 Å². The molecule has 0 unspecified atom stereocenters. The summed E-state index contributed by atoms with van der Waals surface area (Å²) in [7, 11) is 1.89. The highest BCUT2D eigenvalue weighted by molar-refractivity contribution is 7.99. The average molecular weight is 650 g/mol. The van der Waals surface area contributed by atoms with Gasteiger partial charge in [0, 0.05) is 93.2 Å². The molecule has 6 rings (SSSR count). The standard InChI is InChI=1S/C33H40ClN7O3S/c1-21(43)14-39-11-10-28-27(18-39)36-32(38(28)3)33(44)37-26-8-4-6-24(22(26)2)25-7-5-9-29(31(25)34)45-30-19-41(20-35-30)17-23-15-40(16-23)12-13-42/h4-9,19-21,23,42-43H,10-18H2,1-3H3,(H,37,44)/t21-/m0/s1. The molecule has 2 aromatic heterocycles. The number of likely N-dealkylation sites (tertiary alicyclic amines) is 1. The molecule has 1 atom stereocenters. The molecule has 12 heteroatoms. The Morgan fingerprint density at radius 2 is 1.96 bits per heavy atom. The van der Waals surface area contributed by atoms with Crippen LogP contribution in [0.4, 0.5) is 5.69 Å². The van der Waals surface area contributed by atoms with Crippen LogP contribution in [0.25, 0.3) is 11.1 Å². The first-order valence-electron chi connectivity index (χ1n) is 15.4. The van der Waals surface area contributed by atoms with E-state index in [4.69, 9.17) is 21.7 Å². The fourth-order valence-corrected chi connectivity index (χ4v) is 7.58. The van der Waals surface area contributed by atoms with Crippen LogP contribution in [-0.2, 0) is 26.6 Å². The molecule has 1 saturated heterocycles. The first-order valence-corrected chi connectivity index (χ1v) is 16.6. The number of rotatable bonds is 11. The van der Waals surface area contributed by atoms with E-state index in [2.05, 4.69) is 30.9 Å². The number of fused-ring (bicyclic) bond motifs is 1. The van der Waals surface area contributed by atoms with Gasteiger partial charge in [-0.2, -0.15) is 0 Å². The van der Waals surface area contributed by atoms with Gasteiger partial charge in [-0.05, 0) is 37.1 Å². The van der Waals surface area contributed by atoms with Crippen LogP contribution in [0.1, 0.15) is 34.5 Å². The molecule has 1 amide bonds. The Balaban J connectivity index is 1.15. The molecule has 2 aromatic carbocycles. The number of aliphatic hydroxyl groups excluding tert-OH is 2. The van der Waals surface area contributed by atoms with Crippen LogP contribution in [-0.4, -0.2) is 90.5 Å². The zero-order chi connectivity index (χ0) is 31.7. The monoisotopic (exact) mass is 649 g/mol. The Kier molecular flexibility index (Phi) is 9.65. The quantitative estimate of drug-likeness (QED) is 0.221. The number of nitrogens with one attached hydrogen (secondary N) is 1. The van der Waals surface area contributed by atoms with Crippen LogP contribution >= 0.6 is 23.4 Å². The van der Waals surface area contributed by atoms with Crippen molar-refractivity contribution in [3.8, 4) is 11.1 Å². The van der Waals surface area contributed by atoms with Crippen molar-refractivity contribution in [2.45, 2.75) is 49.4 Å². The molecule has 0 aliphatic carbocycles. The molecule has 0 radical (unpaired) electrons. The van der Waals surface area contributed by atoms with E-state index in [9.17, 15) is 9.90 Å². The lowest BCUT2D eigenvalue weighted by Gasteiger charge is -2.38. The number of halogens is 1. The number of β-amino-alcohol motifs (C(OH)–C–C–N with tert-alkyl or cyclic N) is 2. The highest BCUT2D eigenvalue weighted by Crippen LogP contribution is 2.40. The summed E-state index contributed by atoms with van der Waals surface area (Å²) in [6.45, 7) is 9.65. The number of imidazole rings is 2. The number of hydrogen-bond donors (Lipinski definition) is 3. The Morgan fingerprint density at radius 1 is 1.18 bits per heavy atom. The molecule has 2 aliphatic rings. The Hall–Kier alpha value is -3.19. The third kappa shape index (κ3) is 6.98. The lowest BCUT2D eigenvalue weighted by molar-refractivity contribution is 0.0683. The molecule has 4 heterocycles. The van der Waals surface area contributed by atoms with Gasteiger partial charge in [-0.25, -0.2) is 9.97 Å². The molecule has 2 aliphatic heterocycles. The van der Waals surface area contributed by atoms with Crippen LogP contribution in [0, 0.1) is 12.8 Å². The van der Waals surface area contributed by atoms with Gasteiger partial charge in [0.25, 0.3) is 5.91 Å². The number of amides is 1. The Labute approximate surface area is 273 Å². The third-order valence-electron chi connectivity index (χ3n) is 8.64. The second-order valence-electron chi connectivity index (χ2n) is 12.1. The molecule has 10 nitrogen and oxygen atoms in total. The lowest BCUT2D eigenvalue weighted by Crippen LogP contribution is -2.49. The minimum Gasteiger partial charge on any atom is -0.395 e. The molecule has 0 bridgehead atoms. The number of anilines is 1. The Bertz CT molecular complexity index is 1680. The number of benzene rings is 2. The van der Waals surface area contributed by atoms with E-state index >= 15 is 0 Å². The number of aliphatic hydroxyl groups is 2. The summed E-state index contributed by atoms with van der Waals surface area (Å²) in [4.78, 5) is 28.1. The SMILES string of the molecule is Cc1c(NC(=O)c2nc3c(n2C)CCN(C[C@H](C)O)C3)cccc1-c1cccc(Sc2cn(CC3CN(CCO)C3)cn2)c1Cl. The molecule has 0 saturated carbocycles. The molecule has 3 N–H and O–H groups in total. The number of aromatic nitrogens is 4. The summed E-state index contributed by atoms with van der Waals surface area (Å²) in [6.07, 6.45) is 4.30. The van der Waals surface area contributed by atoms with Gasteiger partial charge in [0.2, 0.25) is 0 Å². The maximum absolute atomic E-state index is 13.5. The number of carbonyl (C=O) groups excluding carboxylic acids is 1. The Morgan fingerprint density at radius 3 is 2.73 bits per heavy atom. The maximum atomic E-state index is 13.5. The molecule has 0 spiro atoms. The van der Waals surface area contributed by atoms with Gasteiger partial charge in [-0.15, -0.1) is 0 Å². The van der Waals surface area contributed by atoms with Crippen molar-refractivity contribution in [3.05, 3.63) is 76.7 Å². The highest BCUT2D eigenvalue weighted by Gasteiger charge is 2.27. The van der Waals surface area contributed by atoms with Crippen molar-refractivity contribution in [2.75, 3.05) is 44.6 Å². The largest absolute Gasteiger partial charge is 0.395 e. The molecule has 4 aromatic rings. The van der Waals surface area contributed by atoms with E-state index in [0.29, 0.717) is 35.5 Å². The first-order chi connectivity index (χ1) is 21.7. The number of hydrogen-bond acceptors (Lipinski definition) is 8. The molecule has 238 valence electrons. The van der Waals surface area contributed by atoms with E-state index in [0.717, 1.165) is 77.1 Å². The third-order valence-corrected chi connectivity index (χ3v) is 10.1. The fourth-order valence-electron chi connectivity index (χ4n) is 6.37. The van der Waals surface area contributed by atoms with Gasteiger partial charge in [0.15, 0.2) is 5.82 Å². The normalized spacial score (nSPS) is 16.4. The predicted octanol–water partition coefficient (Wildman–Crippen LogP) is 4.31.